The number of piperazine rings is 1. The fourth-order valence-corrected chi connectivity index (χ4v) is 5.02. The Morgan fingerprint density at radius 1 is 1.11 bits per heavy atom. The minimum atomic E-state index is -0.0904. The van der Waals surface area contributed by atoms with Crippen molar-refractivity contribution < 1.29 is 4.79 Å². The summed E-state index contributed by atoms with van der Waals surface area (Å²) in [4.78, 5) is 25.7. The highest BCUT2D eigenvalue weighted by molar-refractivity contribution is 7.99. The lowest BCUT2D eigenvalue weighted by atomic mass is 10.1. The standard InChI is InChI=1S/C21H27N5OS/c27-21(19-16-28-20(24-19)18-6-2-8-23-15-18)26-12-10-25(11-13-26)9-3-5-17-4-1-7-22-14-17/h1-2,4,6-8,14-15,19-20,24H,3,5,9-13,16H2. The lowest BCUT2D eigenvalue weighted by molar-refractivity contribution is -0.134. The molecular weight excluding hydrogens is 370 g/mol. The largest absolute Gasteiger partial charge is 0.339 e. The highest BCUT2D eigenvalue weighted by atomic mass is 32.2. The summed E-state index contributed by atoms with van der Waals surface area (Å²) in [5.74, 6) is 1.07. The zero-order valence-corrected chi connectivity index (χ0v) is 16.9. The van der Waals surface area contributed by atoms with Crippen LogP contribution in [-0.2, 0) is 11.2 Å². The third-order valence-corrected chi connectivity index (χ3v) is 6.68. The average Bonchev–Trinajstić information content (AvgIpc) is 3.25. The molecule has 2 aromatic heterocycles. The van der Waals surface area contributed by atoms with Gasteiger partial charge in [0.05, 0.1) is 11.4 Å². The molecule has 1 amide bonds. The number of aromatic nitrogens is 2. The smallest absolute Gasteiger partial charge is 0.240 e. The van der Waals surface area contributed by atoms with Crippen molar-refractivity contribution in [2.24, 2.45) is 0 Å². The molecule has 0 radical (unpaired) electrons. The predicted molar refractivity (Wildman–Crippen MR) is 112 cm³/mol. The average molecular weight is 398 g/mol. The Hall–Kier alpha value is -1.96. The van der Waals surface area contributed by atoms with E-state index in [0.717, 1.165) is 56.9 Å². The zero-order valence-electron chi connectivity index (χ0n) is 16.0. The van der Waals surface area contributed by atoms with Crippen LogP contribution in [-0.4, -0.2) is 70.2 Å². The molecule has 148 valence electrons. The van der Waals surface area contributed by atoms with Crippen LogP contribution in [0.5, 0.6) is 0 Å². The molecule has 2 atom stereocenters. The molecule has 6 nitrogen and oxygen atoms in total. The summed E-state index contributed by atoms with van der Waals surface area (Å²) in [5, 5.41) is 3.64. The number of carbonyl (C=O) groups is 1. The van der Waals surface area contributed by atoms with E-state index >= 15 is 0 Å². The number of pyridine rings is 2. The maximum Gasteiger partial charge on any atom is 0.240 e. The first-order valence-electron chi connectivity index (χ1n) is 9.97. The van der Waals surface area contributed by atoms with Gasteiger partial charge < -0.3 is 4.90 Å². The van der Waals surface area contributed by atoms with Gasteiger partial charge in [0.15, 0.2) is 0 Å². The van der Waals surface area contributed by atoms with Gasteiger partial charge in [0.2, 0.25) is 5.91 Å². The van der Waals surface area contributed by atoms with E-state index < -0.39 is 0 Å². The SMILES string of the molecule is O=C(C1CSC(c2cccnc2)N1)N1CCN(CCCc2cccnc2)CC1. The van der Waals surface area contributed by atoms with Crippen LogP contribution in [0, 0.1) is 0 Å². The van der Waals surface area contributed by atoms with Crippen molar-refractivity contribution in [2.45, 2.75) is 24.3 Å². The van der Waals surface area contributed by atoms with Crippen LogP contribution in [0.1, 0.15) is 22.9 Å². The predicted octanol–water partition coefficient (Wildman–Crippen LogP) is 1.96. The number of hydrogen-bond acceptors (Lipinski definition) is 6. The summed E-state index contributed by atoms with van der Waals surface area (Å²) >= 11 is 1.79. The molecule has 0 bridgehead atoms. The molecule has 0 aliphatic carbocycles. The van der Waals surface area contributed by atoms with Crippen LogP contribution in [0.2, 0.25) is 0 Å². The van der Waals surface area contributed by atoms with E-state index in [2.05, 4.69) is 32.3 Å². The number of nitrogens with zero attached hydrogens (tertiary/aromatic N) is 4. The molecule has 2 aliphatic heterocycles. The minimum absolute atomic E-state index is 0.0904. The van der Waals surface area contributed by atoms with Crippen molar-refractivity contribution in [1.82, 2.24) is 25.1 Å². The monoisotopic (exact) mass is 397 g/mol. The van der Waals surface area contributed by atoms with Gasteiger partial charge in [-0.05, 0) is 42.6 Å². The van der Waals surface area contributed by atoms with Gasteiger partial charge in [-0.3, -0.25) is 25.0 Å². The van der Waals surface area contributed by atoms with E-state index in [1.54, 1.807) is 18.0 Å². The maximum absolute atomic E-state index is 12.9. The van der Waals surface area contributed by atoms with Crippen LogP contribution in [0.15, 0.2) is 49.1 Å². The summed E-state index contributed by atoms with van der Waals surface area (Å²) in [5.41, 5.74) is 2.44. The Morgan fingerprint density at radius 3 is 2.61 bits per heavy atom. The van der Waals surface area contributed by atoms with Crippen molar-refractivity contribution >= 4 is 17.7 Å². The van der Waals surface area contributed by atoms with Crippen molar-refractivity contribution in [2.75, 3.05) is 38.5 Å². The molecule has 0 aromatic carbocycles. The van der Waals surface area contributed by atoms with Crippen LogP contribution >= 0.6 is 11.8 Å². The minimum Gasteiger partial charge on any atom is -0.339 e. The number of carbonyl (C=O) groups excluding carboxylic acids is 1. The number of nitrogens with one attached hydrogen (secondary N) is 1. The highest BCUT2D eigenvalue weighted by Crippen LogP contribution is 2.32. The number of rotatable bonds is 6. The van der Waals surface area contributed by atoms with Crippen molar-refractivity contribution in [1.29, 1.82) is 0 Å². The summed E-state index contributed by atoms with van der Waals surface area (Å²) < 4.78 is 0. The zero-order chi connectivity index (χ0) is 19.2. The number of hydrogen-bond donors (Lipinski definition) is 1. The van der Waals surface area contributed by atoms with Gasteiger partial charge in [-0.1, -0.05) is 12.1 Å². The molecule has 4 rings (SSSR count). The van der Waals surface area contributed by atoms with Gasteiger partial charge in [0.25, 0.3) is 0 Å². The van der Waals surface area contributed by atoms with Gasteiger partial charge in [-0.15, -0.1) is 11.8 Å². The molecule has 28 heavy (non-hydrogen) atoms. The molecule has 4 heterocycles. The van der Waals surface area contributed by atoms with E-state index in [9.17, 15) is 4.79 Å². The molecule has 7 heteroatoms. The van der Waals surface area contributed by atoms with E-state index in [1.165, 1.54) is 5.56 Å². The second-order valence-corrected chi connectivity index (χ2v) is 8.49. The second-order valence-electron chi connectivity index (χ2n) is 7.35. The maximum atomic E-state index is 12.9. The van der Waals surface area contributed by atoms with E-state index in [4.69, 9.17) is 0 Å². The molecule has 2 saturated heterocycles. The Morgan fingerprint density at radius 2 is 1.89 bits per heavy atom. The van der Waals surface area contributed by atoms with Crippen molar-refractivity contribution in [3.8, 4) is 0 Å². The third-order valence-electron chi connectivity index (χ3n) is 5.41. The molecule has 1 N–H and O–H groups in total. The van der Waals surface area contributed by atoms with Crippen molar-refractivity contribution in [3.05, 3.63) is 60.2 Å². The summed E-state index contributed by atoms with van der Waals surface area (Å²) in [6.45, 7) is 4.66. The van der Waals surface area contributed by atoms with Crippen molar-refractivity contribution in [3.63, 3.8) is 0 Å². The molecule has 2 aliphatic rings. The Bertz CT molecular complexity index is 752. The lowest BCUT2D eigenvalue weighted by Gasteiger charge is -2.36. The number of aryl methyl sites for hydroxylation is 1. The first-order valence-corrected chi connectivity index (χ1v) is 11.0. The lowest BCUT2D eigenvalue weighted by Crippen LogP contribution is -2.53. The second kappa shape index (κ2) is 9.49. The first kappa shape index (κ1) is 19.4. The van der Waals surface area contributed by atoms with Crippen LogP contribution in [0.25, 0.3) is 0 Å². The van der Waals surface area contributed by atoms with Gasteiger partial charge in [0, 0.05) is 56.7 Å². The quantitative estimate of drug-likeness (QED) is 0.804. The van der Waals surface area contributed by atoms with Gasteiger partial charge in [-0.2, -0.15) is 0 Å². The fourth-order valence-electron chi connectivity index (χ4n) is 3.80. The van der Waals surface area contributed by atoms with E-state index in [0.29, 0.717) is 0 Å². The molecule has 0 saturated carbocycles. The third kappa shape index (κ3) is 4.90. The number of thioether (sulfide) groups is 1. The van der Waals surface area contributed by atoms with Gasteiger partial charge >= 0.3 is 0 Å². The molecular formula is C21H27N5OS. The summed E-state index contributed by atoms with van der Waals surface area (Å²) in [6.07, 6.45) is 9.61. The van der Waals surface area contributed by atoms with E-state index in [-0.39, 0.29) is 17.3 Å². The Kier molecular flexibility index (Phi) is 6.57. The summed E-state index contributed by atoms with van der Waals surface area (Å²) in [6, 6.07) is 8.05. The Balaban J connectivity index is 1.19. The van der Waals surface area contributed by atoms with E-state index in [1.807, 2.05) is 35.6 Å². The first-order chi connectivity index (χ1) is 13.8. The van der Waals surface area contributed by atoms with Gasteiger partial charge in [0.1, 0.15) is 0 Å². The number of amides is 1. The van der Waals surface area contributed by atoms with Crippen LogP contribution in [0.3, 0.4) is 0 Å². The Labute approximate surface area is 170 Å². The topological polar surface area (TPSA) is 61.4 Å². The molecule has 0 spiro atoms. The molecule has 2 aromatic rings. The highest BCUT2D eigenvalue weighted by Gasteiger charge is 2.34. The van der Waals surface area contributed by atoms with Crippen LogP contribution < -0.4 is 5.32 Å². The molecule has 2 fully saturated rings. The van der Waals surface area contributed by atoms with Crippen LogP contribution in [0.4, 0.5) is 0 Å². The summed E-state index contributed by atoms with van der Waals surface area (Å²) in [7, 11) is 0. The fraction of sp³-hybridized carbons (Fsp3) is 0.476. The molecule has 2 unspecified atom stereocenters. The van der Waals surface area contributed by atoms with Gasteiger partial charge in [-0.25, -0.2) is 0 Å². The normalized spacial score (nSPS) is 23.1.